The summed E-state index contributed by atoms with van der Waals surface area (Å²) in [5, 5.41) is 15.9. The number of aryl methyl sites for hydroxylation is 1. The van der Waals surface area contributed by atoms with Crippen LogP contribution in [0.1, 0.15) is 24.5 Å². The highest BCUT2D eigenvalue weighted by atomic mass is 79.9. The van der Waals surface area contributed by atoms with Crippen LogP contribution < -0.4 is 10.7 Å². The van der Waals surface area contributed by atoms with Gasteiger partial charge in [0.25, 0.3) is 0 Å². The molecule has 2 aromatic rings. The average molecular weight is 404 g/mol. The van der Waals surface area contributed by atoms with Gasteiger partial charge in [0.05, 0.1) is 10.7 Å². The minimum Gasteiger partial charge on any atom is -0.507 e. The molecule has 0 fully saturated rings. The second-order valence-electron chi connectivity index (χ2n) is 5.24. The fraction of sp³-hybridized carbons (Fsp3) is 0.167. The molecular formula is C18H18BrN3O3. The molecule has 25 heavy (non-hydrogen) atoms. The monoisotopic (exact) mass is 403 g/mol. The van der Waals surface area contributed by atoms with Crippen molar-refractivity contribution in [1.29, 1.82) is 0 Å². The molecular weight excluding hydrogens is 386 g/mol. The van der Waals surface area contributed by atoms with Gasteiger partial charge in [0, 0.05) is 5.69 Å². The third kappa shape index (κ3) is 5.72. The highest BCUT2D eigenvalue weighted by molar-refractivity contribution is 9.10. The van der Waals surface area contributed by atoms with Gasteiger partial charge < -0.3 is 10.4 Å². The SMILES string of the molecule is CCc1ccccc1NC(=O)CC(=O)NN=Cc1ccc(O)c(Br)c1. The Labute approximate surface area is 154 Å². The van der Waals surface area contributed by atoms with Gasteiger partial charge in [-0.25, -0.2) is 5.43 Å². The Balaban J connectivity index is 1.86. The molecule has 0 aliphatic carbocycles. The van der Waals surface area contributed by atoms with Gasteiger partial charge in [-0.1, -0.05) is 25.1 Å². The molecule has 0 atom stereocenters. The van der Waals surface area contributed by atoms with Gasteiger partial charge >= 0.3 is 0 Å². The highest BCUT2D eigenvalue weighted by Gasteiger charge is 2.10. The van der Waals surface area contributed by atoms with Crippen molar-refractivity contribution in [2.45, 2.75) is 19.8 Å². The maximum absolute atomic E-state index is 11.9. The van der Waals surface area contributed by atoms with E-state index in [0.29, 0.717) is 15.7 Å². The maximum Gasteiger partial charge on any atom is 0.249 e. The number of carbonyl (C=O) groups excluding carboxylic acids is 2. The van der Waals surface area contributed by atoms with Crippen LogP contribution in [0.5, 0.6) is 5.75 Å². The lowest BCUT2D eigenvalue weighted by Gasteiger charge is -2.09. The molecule has 0 radical (unpaired) electrons. The Bertz CT molecular complexity index is 806. The summed E-state index contributed by atoms with van der Waals surface area (Å²) < 4.78 is 0.525. The minimum atomic E-state index is -0.513. The number of halogens is 1. The Hall–Kier alpha value is -2.67. The first-order valence-electron chi connectivity index (χ1n) is 7.67. The molecule has 0 aliphatic heterocycles. The summed E-state index contributed by atoms with van der Waals surface area (Å²) in [4.78, 5) is 23.7. The number of carbonyl (C=O) groups is 2. The molecule has 2 amide bonds. The number of aromatic hydroxyl groups is 1. The van der Waals surface area contributed by atoms with Gasteiger partial charge in [-0.05, 0) is 57.7 Å². The zero-order valence-electron chi connectivity index (χ0n) is 13.6. The van der Waals surface area contributed by atoms with E-state index in [1.54, 1.807) is 18.2 Å². The predicted molar refractivity (Wildman–Crippen MR) is 101 cm³/mol. The molecule has 0 heterocycles. The molecule has 2 aromatic carbocycles. The van der Waals surface area contributed by atoms with Crippen molar-refractivity contribution >= 4 is 39.6 Å². The summed E-state index contributed by atoms with van der Waals surface area (Å²) in [7, 11) is 0. The van der Waals surface area contributed by atoms with Crippen LogP contribution in [0.3, 0.4) is 0 Å². The van der Waals surface area contributed by atoms with Crippen molar-refractivity contribution in [2.24, 2.45) is 5.10 Å². The zero-order chi connectivity index (χ0) is 18.2. The van der Waals surface area contributed by atoms with Crippen LogP contribution in [0.2, 0.25) is 0 Å². The van der Waals surface area contributed by atoms with Gasteiger partial charge in [-0.3, -0.25) is 9.59 Å². The second-order valence-corrected chi connectivity index (χ2v) is 6.09. The van der Waals surface area contributed by atoms with E-state index in [0.717, 1.165) is 12.0 Å². The smallest absolute Gasteiger partial charge is 0.249 e. The number of amides is 2. The first-order chi connectivity index (χ1) is 12.0. The van der Waals surface area contributed by atoms with Crippen LogP contribution >= 0.6 is 15.9 Å². The number of hydrogen-bond donors (Lipinski definition) is 3. The van der Waals surface area contributed by atoms with E-state index in [2.05, 4.69) is 31.8 Å². The molecule has 6 nitrogen and oxygen atoms in total. The number of nitrogens with zero attached hydrogens (tertiary/aromatic N) is 1. The quantitative estimate of drug-likeness (QED) is 0.392. The number of phenolic OH excluding ortho intramolecular Hbond substituents is 1. The van der Waals surface area contributed by atoms with Gasteiger partial charge in [0.1, 0.15) is 12.2 Å². The van der Waals surface area contributed by atoms with Crippen molar-refractivity contribution < 1.29 is 14.7 Å². The number of hydrogen-bond acceptors (Lipinski definition) is 4. The largest absolute Gasteiger partial charge is 0.507 e. The summed E-state index contributed by atoms with van der Waals surface area (Å²) in [6.45, 7) is 1.99. The summed E-state index contributed by atoms with van der Waals surface area (Å²) in [5.41, 5.74) is 4.70. The van der Waals surface area contributed by atoms with E-state index in [-0.39, 0.29) is 12.2 Å². The Morgan fingerprint density at radius 1 is 1.20 bits per heavy atom. The lowest BCUT2D eigenvalue weighted by Crippen LogP contribution is -2.25. The fourth-order valence-corrected chi connectivity index (χ4v) is 2.51. The van der Waals surface area contributed by atoms with E-state index in [4.69, 9.17) is 0 Å². The summed E-state index contributed by atoms with van der Waals surface area (Å²) >= 11 is 3.19. The summed E-state index contributed by atoms with van der Waals surface area (Å²) in [5.74, 6) is -0.799. The average Bonchev–Trinajstić information content (AvgIpc) is 2.58. The van der Waals surface area contributed by atoms with Crippen molar-refractivity contribution in [3.63, 3.8) is 0 Å². The van der Waals surface area contributed by atoms with Gasteiger partial charge in [-0.15, -0.1) is 0 Å². The molecule has 0 saturated carbocycles. The van der Waals surface area contributed by atoms with Crippen LogP contribution in [-0.4, -0.2) is 23.1 Å². The van der Waals surface area contributed by atoms with Gasteiger partial charge in [-0.2, -0.15) is 5.10 Å². The van der Waals surface area contributed by atoms with E-state index in [1.807, 2.05) is 25.1 Å². The molecule has 7 heteroatoms. The third-order valence-electron chi connectivity index (χ3n) is 3.37. The molecule has 3 N–H and O–H groups in total. The number of nitrogens with one attached hydrogen (secondary N) is 2. The van der Waals surface area contributed by atoms with Crippen LogP contribution in [0, 0.1) is 0 Å². The van der Waals surface area contributed by atoms with E-state index in [9.17, 15) is 14.7 Å². The molecule has 130 valence electrons. The van der Waals surface area contributed by atoms with Crippen LogP contribution in [0.25, 0.3) is 0 Å². The van der Waals surface area contributed by atoms with Crippen molar-refractivity contribution in [1.82, 2.24) is 5.43 Å². The molecule has 0 aromatic heterocycles. The predicted octanol–water partition coefficient (Wildman–Crippen LogP) is 3.20. The van der Waals surface area contributed by atoms with Crippen LogP contribution in [-0.2, 0) is 16.0 Å². The number of phenols is 1. The number of anilines is 1. The highest BCUT2D eigenvalue weighted by Crippen LogP contribution is 2.23. The Morgan fingerprint density at radius 3 is 2.68 bits per heavy atom. The normalized spacial score (nSPS) is 10.6. The third-order valence-corrected chi connectivity index (χ3v) is 4.00. The zero-order valence-corrected chi connectivity index (χ0v) is 15.2. The first-order valence-corrected chi connectivity index (χ1v) is 8.47. The molecule has 0 bridgehead atoms. The number of benzene rings is 2. The Kier molecular flexibility index (Phi) is 6.71. The van der Waals surface area contributed by atoms with E-state index < -0.39 is 11.8 Å². The lowest BCUT2D eigenvalue weighted by atomic mass is 10.1. The summed E-state index contributed by atoms with van der Waals surface area (Å²) in [6, 6.07) is 12.3. The molecule has 0 aliphatic rings. The molecule has 2 rings (SSSR count). The van der Waals surface area contributed by atoms with Gasteiger partial charge in [0.15, 0.2) is 0 Å². The van der Waals surface area contributed by atoms with E-state index in [1.165, 1.54) is 12.3 Å². The van der Waals surface area contributed by atoms with Crippen molar-refractivity contribution in [3.8, 4) is 5.75 Å². The molecule has 0 unspecified atom stereocenters. The van der Waals surface area contributed by atoms with E-state index >= 15 is 0 Å². The maximum atomic E-state index is 11.9. The number of para-hydroxylation sites is 1. The minimum absolute atomic E-state index is 0.116. The molecule has 0 saturated heterocycles. The van der Waals surface area contributed by atoms with Gasteiger partial charge in [0.2, 0.25) is 11.8 Å². The first kappa shape index (κ1) is 18.7. The topological polar surface area (TPSA) is 90.8 Å². The van der Waals surface area contributed by atoms with Crippen LogP contribution in [0.15, 0.2) is 52.0 Å². The standard InChI is InChI=1S/C18H18BrN3O3/c1-2-13-5-3-4-6-15(13)21-17(24)10-18(25)22-20-11-12-7-8-16(23)14(19)9-12/h3-9,11,23H,2,10H2,1H3,(H,21,24)(H,22,25). The van der Waals surface area contributed by atoms with Crippen molar-refractivity contribution in [3.05, 3.63) is 58.1 Å². The number of hydrazone groups is 1. The fourth-order valence-electron chi connectivity index (χ4n) is 2.11. The van der Waals surface area contributed by atoms with Crippen LogP contribution in [0.4, 0.5) is 5.69 Å². The lowest BCUT2D eigenvalue weighted by molar-refractivity contribution is -0.126. The summed E-state index contributed by atoms with van der Waals surface area (Å²) in [6.07, 6.45) is 1.89. The van der Waals surface area contributed by atoms with Crippen molar-refractivity contribution in [2.75, 3.05) is 5.32 Å². The number of rotatable bonds is 6. The Morgan fingerprint density at radius 2 is 1.96 bits per heavy atom. The molecule has 0 spiro atoms. The second kappa shape index (κ2) is 8.98.